The Kier molecular flexibility index (Phi) is 6.04. The molecule has 2 rings (SSSR count). The lowest BCUT2D eigenvalue weighted by Crippen LogP contribution is -2.08. The smallest absolute Gasteiger partial charge is 0.170 e. The highest BCUT2D eigenvalue weighted by atomic mass is 16.1. The van der Waals surface area contributed by atoms with Crippen molar-refractivity contribution in [2.75, 3.05) is 0 Å². The summed E-state index contributed by atoms with van der Waals surface area (Å²) in [5.41, 5.74) is 2.37. The molecule has 2 aromatic rings. The number of benzene rings is 2. The predicted molar refractivity (Wildman–Crippen MR) is 87.0 cm³/mol. The average molecular weight is 282 g/mol. The second kappa shape index (κ2) is 7.53. The number of carbonyl (C=O) groups is 2. The lowest BCUT2D eigenvalue weighted by Gasteiger charge is -2.06. The molecule has 0 saturated carbocycles. The highest BCUT2D eigenvalue weighted by Gasteiger charge is 2.13. The molecule has 0 saturated heterocycles. The molecule has 0 amide bonds. The van der Waals surface area contributed by atoms with Gasteiger partial charge in [-0.1, -0.05) is 75.9 Å². The minimum Gasteiger partial charge on any atom is -0.294 e. The van der Waals surface area contributed by atoms with E-state index in [-0.39, 0.29) is 25.4 Å². The summed E-state index contributed by atoms with van der Waals surface area (Å²) in [6.45, 7) is 4.21. The van der Waals surface area contributed by atoms with Crippen LogP contribution in [0.3, 0.4) is 0 Å². The van der Waals surface area contributed by atoms with Gasteiger partial charge in [-0.2, -0.15) is 0 Å². The van der Waals surface area contributed by atoms with Crippen molar-refractivity contribution in [3.8, 4) is 0 Å². The Morgan fingerprint density at radius 3 is 1.76 bits per heavy atom. The molecular formula is C19H22O2. The summed E-state index contributed by atoms with van der Waals surface area (Å²) in [6.07, 6.45) is -0.0783. The van der Waals surface area contributed by atoms with Crippen LogP contribution in [-0.2, 0) is 0 Å². The van der Waals surface area contributed by atoms with Crippen molar-refractivity contribution in [3.63, 3.8) is 0 Å². The molecule has 2 heteroatoms. The molecule has 0 aliphatic rings. The quantitative estimate of drug-likeness (QED) is 0.577. The molecule has 0 radical (unpaired) electrons. The molecule has 0 spiro atoms. The minimum atomic E-state index is -0.136. The predicted octanol–water partition coefficient (Wildman–Crippen LogP) is 4.90. The van der Waals surface area contributed by atoms with Gasteiger partial charge in [0, 0.05) is 11.1 Å². The Morgan fingerprint density at radius 2 is 1.29 bits per heavy atom. The number of hydrogen-bond acceptors (Lipinski definition) is 2. The average Bonchev–Trinajstić information content (AvgIpc) is 2.48. The van der Waals surface area contributed by atoms with E-state index in [2.05, 4.69) is 13.8 Å². The summed E-state index contributed by atoms with van der Waals surface area (Å²) < 4.78 is 0. The zero-order valence-electron chi connectivity index (χ0n) is 11.8. The van der Waals surface area contributed by atoms with Crippen molar-refractivity contribution in [1.29, 1.82) is 0 Å². The topological polar surface area (TPSA) is 34.1 Å². The Morgan fingerprint density at radius 1 is 0.810 bits per heavy atom. The summed E-state index contributed by atoms with van der Waals surface area (Å²) in [4.78, 5) is 24.1. The van der Waals surface area contributed by atoms with E-state index >= 15 is 0 Å². The van der Waals surface area contributed by atoms with Gasteiger partial charge < -0.3 is 0 Å². The number of ketones is 2. The van der Waals surface area contributed by atoms with Crippen LogP contribution in [-0.4, -0.2) is 11.6 Å². The van der Waals surface area contributed by atoms with Gasteiger partial charge in [0.05, 0.1) is 6.42 Å². The van der Waals surface area contributed by atoms with Crippen molar-refractivity contribution in [2.24, 2.45) is 0 Å². The van der Waals surface area contributed by atoms with Gasteiger partial charge in [0.2, 0.25) is 0 Å². The lowest BCUT2D eigenvalue weighted by atomic mass is 9.98. The van der Waals surface area contributed by atoms with E-state index in [1.807, 2.05) is 18.2 Å². The molecule has 0 heterocycles. The highest BCUT2D eigenvalue weighted by molar-refractivity contribution is 6.13. The molecule has 0 unspecified atom stereocenters. The second-order valence-electron chi connectivity index (χ2n) is 5.17. The van der Waals surface area contributed by atoms with Crippen LogP contribution in [0.25, 0.3) is 0 Å². The van der Waals surface area contributed by atoms with E-state index in [9.17, 15) is 9.59 Å². The molecule has 0 aliphatic carbocycles. The first-order valence-electron chi connectivity index (χ1n) is 6.79. The molecule has 0 aliphatic heterocycles. The zero-order chi connectivity index (χ0) is 14.5. The third-order valence-electron chi connectivity index (χ3n) is 3.32. The molecular weight excluding hydrogens is 260 g/mol. The lowest BCUT2D eigenvalue weighted by molar-refractivity contribution is 0.0894. The van der Waals surface area contributed by atoms with Crippen LogP contribution in [0.15, 0.2) is 54.6 Å². The van der Waals surface area contributed by atoms with E-state index in [0.717, 1.165) is 0 Å². The van der Waals surface area contributed by atoms with Crippen LogP contribution < -0.4 is 0 Å². The fourth-order valence-electron chi connectivity index (χ4n) is 2.03. The molecule has 110 valence electrons. The van der Waals surface area contributed by atoms with Crippen LogP contribution in [0, 0.1) is 0 Å². The van der Waals surface area contributed by atoms with Crippen molar-refractivity contribution >= 4 is 11.6 Å². The molecule has 0 aromatic heterocycles. The summed E-state index contributed by atoms with van der Waals surface area (Å²) in [6, 6.07) is 16.4. The first-order chi connectivity index (χ1) is 9.58. The van der Waals surface area contributed by atoms with Gasteiger partial charge in [-0.3, -0.25) is 9.59 Å². The van der Waals surface area contributed by atoms with Crippen LogP contribution in [0.4, 0.5) is 0 Å². The normalized spacial score (nSPS) is 10.0. The van der Waals surface area contributed by atoms with E-state index in [0.29, 0.717) is 17.0 Å². The minimum absolute atomic E-state index is 0. The summed E-state index contributed by atoms with van der Waals surface area (Å²) in [5.74, 6) is 0.169. The van der Waals surface area contributed by atoms with Crippen molar-refractivity contribution in [2.45, 2.75) is 33.6 Å². The fourth-order valence-corrected chi connectivity index (χ4v) is 2.03. The Bertz CT molecular complexity index is 595. The van der Waals surface area contributed by atoms with Gasteiger partial charge in [-0.05, 0) is 11.5 Å². The van der Waals surface area contributed by atoms with Gasteiger partial charge in [0.1, 0.15) is 0 Å². The monoisotopic (exact) mass is 282 g/mol. The standard InChI is InChI=1S/C18H18O2.CH4/c1-13(2)14-8-10-16(11-9-14)18(20)12-17(19)15-6-4-3-5-7-15;/h3-11,13H,12H2,1-2H3;1H4. The highest BCUT2D eigenvalue weighted by Crippen LogP contribution is 2.16. The second-order valence-corrected chi connectivity index (χ2v) is 5.17. The van der Waals surface area contributed by atoms with Crippen LogP contribution >= 0.6 is 0 Å². The molecule has 0 N–H and O–H groups in total. The van der Waals surface area contributed by atoms with Gasteiger partial charge in [0.15, 0.2) is 11.6 Å². The maximum absolute atomic E-state index is 12.1. The molecule has 0 bridgehead atoms. The summed E-state index contributed by atoms with van der Waals surface area (Å²) in [5, 5.41) is 0. The van der Waals surface area contributed by atoms with E-state index in [1.54, 1.807) is 36.4 Å². The molecule has 0 fully saturated rings. The number of hydrogen-bond donors (Lipinski definition) is 0. The van der Waals surface area contributed by atoms with Crippen molar-refractivity contribution in [3.05, 3.63) is 71.3 Å². The molecule has 21 heavy (non-hydrogen) atoms. The summed E-state index contributed by atoms with van der Waals surface area (Å²) in [7, 11) is 0. The van der Waals surface area contributed by atoms with Crippen LogP contribution in [0.5, 0.6) is 0 Å². The largest absolute Gasteiger partial charge is 0.294 e. The summed E-state index contributed by atoms with van der Waals surface area (Å²) >= 11 is 0. The SMILES string of the molecule is C.CC(C)c1ccc(C(=O)CC(=O)c2ccccc2)cc1. The van der Waals surface area contributed by atoms with Crippen molar-refractivity contribution in [1.82, 2.24) is 0 Å². The van der Waals surface area contributed by atoms with Gasteiger partial charge in [0.25, 0.3) is 0 Å². The van der Waals surface area contributed by atoms with Gasteiger partial charge in [-0.25, -0.2) is 0 Å². The van der Waals surface area contributed by atoms with E-state index in [1.165, 1.54) is 5.56 Å². The van der Waals surface area contributed by atoms with Crippen LogP contribution in [0.1, 0.15) is 59.9 Å². The molecule has 0 atom stereocenters. The number of rotatable bonds is 5. The molecule has 2 nitrogen and oxygen atoms in total. The maximum atomic E-state index is 12.1. The van der Waals surface area contributed by atoms with Crippen LogP contribution in [0.2, 0.25) is 0 Å². The third kappa shape index (κ3) is 4.38. The van der Waals surface area contributed by atoms with Crippen molar-refractivity contribution < 1.29 is 9.59 Å². The van der Waals surface area contributed by atoms with E-state index in [4.69, 9.17) is 0 Å². The van der Waals surface area contributed by atoms with Gasteiger partial charge >= 0.3 is 0 Å². The van der Waals surface area contributed by atoms with E-state index < -0.39 is 0 Å². The fraction of sp³-hybridized carbons (Fsp3) is 0.263. The molecule has 2 aromatic carbocycles. The Balaban J connectivity index is 0.00000220. The third-order valence-corrected chi connectivity index (χ3v) is 3.32. The first-order valence-corrected chi connectivity index (χ1v) is 6.79. The van der Waals surface area contributed by atoms with Gasteiger partial charge in [-0.15, -0.1) is 0 Å². The maximum Gasteiger partial charge on any atom is 0.170 e. The number of Topliss-reactive ketones (excluding diaryl/α,β-unsaturated/α-hetero) is 2. The number of carbonyl (C=O) groups excluding carboxylic acids is 2. The first kappa shape index (κ1) is 16.8. The Hall–Kier alpha value is -2.22. The zero-order valence-corrected chi connectivity index (χ0v) is 11.8. The Labute approximate surface area is 126 Å².